The van der Waals surface area contributed by atoms with Crippen LogP contribution in [0.15, 0.2) is 59.5 Å². The molecule has 0 aliphatic heterocycles. The molecule has 0 spiro atoms. The highest BCUT2D eigenvalue weighted by atomic mass is 32.2. The van der Waals surface area contributed by atoms with E-state index in [1.165, 1.54) is 43.3 Å². The first-order valence-electron chi connectivity index (χ1n) is 11.4. The number of amides is 1. The Bertz CT molecular complexity index is 1630. The van der Waals surface area contributed by atoms with Gasteiger partial charge in [0.25, 0.3) is 15.9 Å². The lowest BCUT2D eigenvalue weighted by atomic mass is 9.87. The lowest BCUT2D eigenvalue weighted by molar-refractivity contribution is -0.140. The van der Waals surface area contributed by atoms with Gasteiger partial charge in [-0.15, -0.1) is 11.3 Å². The molecule has 0 saturated carbocycles. The van der Waals surface area contributed by atoms with Gasteiger partial charge in [0.15, 0.2) is 6.17 Å². The molecule has 3 heterocycles. The third-order valence-electron chi connectivity index (χ3n) is 5.92. The van der Waals surface area contributed by atoms with Crippen molar-refractivity contribution in [3.05, 3.63) is 81.3 Å². The molecular formula is C26H25F4N3O3S2. The predicted octanol–water partition coefficient (Wildman–Crippen LogP) is 6.41. The van der Waals surface area contributed by atoms with E-state index < -0.39 is 39.2 Å². The molecular weight excluding hydrogens is 542 g/mol. The number of aromatic nitrogens is 2. The van der Waals surface area contributed by atoms with Gasteiger partial charge in [-0.25, -0.2) is 21.8 Å². The summed E-state index contributed by atoms with van der Waals surface area (Å²) in [5.41, 5.74) is -1.86. The Kier molecular flexibility index (Phi) is 6.94. The van der Waals surface area contributed by atoms with Crippen molar-refractivity contribution in [3.8, 4) is 0 Å². The van der Waals surface area contributed by atoms with Crippen LogP contribution in [0.1, 0.15) is 58.4 Å². The van der Waals surface area contributed by atoms with Crippen molar-refractivity contribution in [2.45, 2.75) is 43.4 Å². The van der Waals surface area contributed by atoms with E-state index in [0.717, 1.165) is 23.5 Å². The molecule has 1 aromatic carbocycles. The summed E-state index contributed by atoms with van der Waals surface area (Å²) in [5.74, 6) is -0.364. The van der Waals surface area contributed by atoms with Crippen molar-refractivity contribution in [2.24, 2.45) is 0 Å². The van der Waals surface area contributed by atoms with Gasteiger partial charge >= 0.3 is 6.18 Å². The van der Waals surface area contributed by atoms with E-state index in [-0.39, 0.29) is 31.6 Å². The molecule has 0 fully saturated rings. The van der Waals surface area contributed by atoms with Crippen LogP contribution >= 0.6 is 11.3 Å². The first-order valence-corrected chi connectivity index (χ1v) is 13.7. The number of halogens is 4. The molecule has 0 aliphatic rings. The van der Waals surface area contributed by atoms with Crippen LogP contribution in [0.2, 0.25) is 0 Å². The Morgan fingerprint density at radius 3 is 2.32 bits per heavy atom. The average Bonchev–Trinajstić information content (AvgIpc) is 3.47. The third-order valence-corrected chi connectivity index (χ3v) is 8.77. The largest absolute Gasteiger partial charge is 0.433 e. The minimum atomic E-state index is -4.78. The van der Waals surface area contributed by atoms with Crippen LogP contribution in [0.4, 0.5) is 17.6 Å². The molecule has 0 bridgehead atoms. The minimum absolute atomic E-state index is 0.0222. The number of benzene rings is 1. The smallest absolute Gasteiger partial charge is 0.344 e. The fraction of sp³-hybridized carbons (Fsp3) is 0.308. The Morgan fingerprint density at radius 1 is 1.03 bits per heavy atom. The first-order chi connectivity index (χ1) is 17.5. The second-order valence-corrected chi connectivity index (χ2v) is 12.9. The number of rotatable bonds is 5. The van der Waals surface area contributed by atoms with Gasteiger partial charge in [-0.2, -0.15) is 13.2 Å². The second kappa shape index (κ2) is 9.49. The van der Waals surface area contributed by atoms with Crippen LogP contribution in [0.3, 0.4) is 0 Å². The monoisotopic (exact) mass is 567 g/mol. The Balaban J connectivity index is 1.95. The number of fused-ring (bicyclic) bond motifs is 1. The van der Waals surface area contributed by atoms with Crippen LogP contribution in [0.5, 0.6) is 0 Å². The van der Waals surface area contributed by atoms with Crippen molar-refractivity contribution < 1.29 is 30.8 Å². The van der Waals surface area contributed by atoms with Gasteiger partial charge in [-0.3, -0.25) is 4.79 Å². The first kappa shape index (κ1) is 27.8. The van der Waals surface area contributed by atoms with Crippen molar-refractivity contribution in [1.82, 2.24) is 13.9 Å². The highest BCUT2D eigenvalue weighted by Gasteiger charge is 2.35. The Morgan fingerprint density at radius 2 is 1.71 bits per heavy atom. The zero-order chi connectivity index (χ0) is 28.2. The summed E-state index contributed by atoms with van der Waals surface area (Å²) in [6, 6.07) is 11.6. The summed E-state index contributed by atoms with van der Waals surface area (Å²) in [5, 5.41) is 0. The highest BCUT2D eigenvalue weighted by molar-refractivity contribution is 7.90. The van der Waals surface area contributed by atoms with Crippen LogP contribution < -0.4 is 0 Å². The van der Waals surface area contributed by atoms with Gasteiger partial charge in [0.2, 0.25) is 0 Å². The maximum absolute atomic E-state index is 16.0. The number of carbonyl (C=O) groups is 1. The Labute approximate surface area is 221 Å². The summed E-state index contributed by atoms with van der Waals surface area (Å²) in [7, 11) is -1.40. The van der Waals surface area contributed by atoms with E-state index in [1.54, 1.807) is 12.1 Å². The quantitative estimate of drug-likeness (QED) is 0.261. The molecule has 1 amide bonds. The molecule has 0 aliphatic carbocycles. The van der Waals surface area contributed by atoms with Gasteiger partial charge < -0.3 is 4.90 Å². The SMILES string of the molecule is CN(C)C(=O)c1ccc(C(F)c2cc3nc(C(F)(F)F)ccc3n2S(=O)(=O)c2cccc(C(C)(C)C)c2)s1. The standard InChI is InChI=1S/C26H25F4N3O3S2/c1-25(2,3)15-7-6-8-16(13-15)38(35,36)33-18-9-12-22(26(28,29)30)31-17(18)14-19(33)23(27)20-10-11-21(37-20)24(34)32(4)5/h6-14,23H,1-5H3. The van der Waals surface area contributed by atoms with Crippen molar-refractivity contribution >= 4 is 38.3 Å². The average molecular weight is 568 g/mol. The zero-order valence-corrected chi connectivity index (χ0v) is 22.8. The summed E-state index contributed by atoms with van der Waals surface area (Å²) in [6.45, 7) is 5.70. The van der Waals surface area contributed by atoms with E-state index in [1.807, 2.05) is 20.8 Å². The number of alkyl halides is 4. The van der Waals surface area contributed by atoms with Crippen LogP contribution in [-0.2, 0) is 21.6 Å². The zero-order valence-electron chi connectivity index (χ0n) is 21.2. The van der Waals surface area contributed by atoms with Crippen molar-refractivity contribution in [3.63, 3.8) is 0 Å². The summed E-state index contributed by atoms with van der Waals surface area (Å²) in [6.07, 6.45) is -6.84. The van der Waals surface area contributed by atoms with Crippen LogP contribution in [0.25, 0.3) is 11.0 Å². The molecule has 0 N–H and O–H groups in total. The van der Waals surface area contributed by atoms with Gasteiger partial charge in [-0.05, 0) is 53.4 Å². The summed E-state index contributed by atoms with van der Waals surface area (Å²) < 4.78 is 84.6. The van der Waals surface area contributed by atoms with E-state index in [4.69, 9.17) is 0 Å². The minimum Gasteiger partial charge on any atom is -0.344 e. The number of nitrogens with zero attached hydrogens (tertiary/aromatic N) is 3. The van der Waals surface area contributed by atoms with E-state index in [2.05, 4.69) is 4.98 Å². The number of thiophene rings is 1. The maximum Gasteiger partial charge on any atom is 0.433 e. The lowest BCUT2D eigenvalue weighted by Gasteiger charge is -2.20. The summed E-state index contributed by atoms with van der Waals surface area (Å²) >= 11 is 0.836. The van der Waals surface area contributed by atoms with E-state index >= 15 is 4.39 Å². The molecule has 38 heavy (non-hydrogen) atoms. The fourth-order valence-corrected chi connectivity index (χ4v) is 6.48. The maximum atomic E-state index is 16.0. The van der Waals surface area contributed by atoms with Crippen LogP contribution in [-0.4, -0.2) is 42.3 Å². The van der Waals surface area contributed by atoms with E-state index in [9.17, 15) is 26.4 Å². The molecule has 1 atom stereocenters. The molecule has 1 unspecified atom stereocenters. The van der Waals surface area contributed by atoms with Crippen LogP contribution in [0, 0.1) is 0 Å². The molecule has 0 radical (unpaired) electrons. The fourth-order valence-electron chi connectivity index (χ4n) is 3.88. The molecule has 0 saturated heterocycles. The Hall–Kier alpha value is -3.25. The normalized spacial score (nSPS) is 13.6. The number of carbonyl (C=O) groups excluding carboxylic acids is 1. The third kappa shape index (κ3) is 5.06. The highest BCUT2D eigenvalue weighted by Crippen LogP contribution is 2.38. The molecule has 4 rings (SSSR count). The molecule has 202 valence electrons. The molecule has 4 aromatic rings. The van der Waals surface area contributed by atoms with Gasteiger partial charge in [-0.1, -0.05) is 32.9 Å². The van der Waals surface area contributed by atoms with Crippen molar-refractivity contribution in [1.29, 1.82) is 0 Å². The lowest BCUT2D eigenvalue weighted by Crippen LogP contribution is -2.20. The topological polar surface area (TPSA) is 72.3 Å². The molecule has 6 nitrogen and oxygen atoms in total. The second-order valence-electron chi connectivity index (χ2n) is 9.98. The van der Waals surface area contributed by atoms with Gasteiger partial charge in [0.1, 0.15) is 5.69 Å². The predicted molar refractivity (Wildman–Crippen MR) is 138 cm³/mol. The number of hydrogen-bond donors (Lipinski definition) is 0. The van der Waals surface area contributed by atoms with Gasteiger partial charge in [0, 0.05) is 19.0 Å². The van der Waals surface area contributed by atoms with Gasteiger partial charge in [0.05, 0.1) is 26.5 Å². The molecule has 3 aromatic heterocycles. The van der Waals surface area contributed by atoms with E-state index in [0.29, 0.717) is 15.6 Å². The van der Waals surface area contributed by atoms with Crippen molar-refractivity contribution in [2.75, 3.05) is 14.1 Å². The number of hydrogen-bond acceptors (Lipinski definition) is 5. The molecule has 12 heteroatoms. The summed E-state index contributed by atoms with van der Waals surface area (Å²) in [4.78, 5) is 17.3. The number of pyridine rings is 1.